The van der Waals surface area contributed by atoms with Gasteiger partial charge in [-0.25, -0.2) is 0 Å². The highest BCUT2D eigenvalue weighted by Crippen LogP contribution is 2.43. The van der Waals surface area contributed by atoms with E-state index in [9.17, 15) is 5.11 Å². The molecule has 5 nitrogen and oxygen atoms in total. The number of aromatic nitrogens is 2. The van der Waals surface area contributed by atoms with Gasteiger partial charge in [-0.05, 0) is 49.9 Å². The van der Waals surface area contributed by atoms with Gasteiger partial charge in [0.1, 0.15) is 5.75 Å². The van der Waals surface area contributed by atoms with Crippen molar-refractivity contribution in [2.24, 2.45) is 11.7 Å². The summed E-state index contributed by atoms with van der Waals surface area (Å²) in [5, 5.41) is 13.2. The Labute approximate surface area is 105 Å². The molecule has 0 aliphatic heterocycles. The number of nitrogens with two attached hydrogens (primary N) is 1. The molecule has 0 radical (unpaired) electrons. The summed E-state index contributed by atoms with van der Waals surface area (Å²) in [6.45, 7) is 1.93. The monoisotopic (exact) mass is 245 g/mol. The fourth-order valence-electron chi connectivity index (χ4n) is 2.03. The molecule has 1 aliphatic carbocycles. The van der Waals surface area contributed by atoms with E-state index in [0.717, 1.165) is 18.4 Å². The lowest BCUT2D eigenvalue weighted by Crippen LogP contribution is -2.35. The predicted molar refractivity (Wildman–Crippen MR) is 65.7 cm³/mol. The van der Waals surface area contributed by atoms with Gasteiger partial charge in [-0.1, -0.05) is 5.16 Å². The minimum Gasteiger partial charge on any atom is -0.508 e. The molecule has 0 amide bonds. The van der Waals surface area contributed by atoms with Crippen molar-refractivity contribution in [3.05, 3.63) is 30.2 Å². The van der Waals surface area contributed by atoms with Crippen LogP contribution in [-0.4, -0.2) is 15.2 Å². The van der Waals surface area contributed by atoms with Gasteiger partial charge < -0.3 is 15.4 Å². The van der Waals surface area contributed by atoms with Gasteiger partial charge in [0, 0.05) is 5.56 Å². The van der Waals surface area contributed by atoms with Gasteiger partial charge in [-0.2, -0.15) is 4.98 Å². The van der Waals surface area contributed by atoms with E-state index in [0.29, 0.717) is 17.6 Å². The highest BCUT2D eigenvalue weighted by atomic mass is 16.5. The summed E-state index contributed by atoms with van der Waals surface area (Å²) in [6.07, 6.45) is 2.23. The molecule has 1 heterocycles. The first-order valence-electron chi connectivity index (χ1n) is 6.00. The van der Waals surface area contributed by atoms with Gasteiger partial charge in [0.25, 0.3) is 0 Å². The fraction of sp³-hybridized carbons (Fsp3) is 0.385. The topological polar surface area (TPSA) is 85.2 Å². The lowest BCUT2D eigenvalue weighted by atomic mass is 9.97. The van der Waals surface area contributed by atoms with Crippen LogP contribution in [0.25, 0.3) is 11.4 Å². The Hall–Kier alpha value is -1.88. The largest absolute Gasteiger partial charge is 0.508 e. The summed E-state index contributed by atoms with van der Waals surface area (Å²) < 4.78 is 5.27. The zero-order chi connectivity index (χ0) is 12.8. The van der Waals surface area contributed by atoms with Gasteiger partial charge in [-0.15, -0.1) is 0 Å². The minimum atomic E-state index is -0.540. The van der Waals surface area contributed by atoms with Crippen molar-refractivity contribution in [3.8, 4) is 17.1 Å². The van der Waals surface area contributed by atoms with Crippen LogP contribution in [0.1, 0.15) is 25.7 Å². The van der Waals surface area contributed by atoms with Gasteiger partial charge in [0.2, 0.25) is 11.7 Å². The van der Waals surface area contributed by atoms with E-state index in [1.165, 1.54) is 0 Å². The maximum Gasteiger partial charge on any atom is 0.247 e. The first-order valence-corrected chi connectivity index (χ1v) is 6.00. The lowest BCUT2D eigenvalue weighted by molar-refractivity contribution is 0.273. The molecule has 1 aromatic carbocycles. The van der Waals surface area contributed by atoms with Gasteiger partial charge in [0.15, 0.2) is 0 Å². The van der Waals surface area contributed by atoms with Crippen molar-refractivity contribution in [1.82, 2.24) is 10.1 Å². The first kappa shape index (κ1) is 11.2. The van der Waals surface area contributed by atoms with Gasteiger partial charge in [0.05, 0.1) is 5.54 Å². The van der Waals surface area contributed by atoms with Crippen LogP contribution in [0.15, 0.2) is 28.8 Å². The quantitative estimate of drug-likeness (QED) is 0.864. The van der Waals surface area contributed by atoms with Crippen molar-refractivity contribution >= 4 is 0 Å². The molecule has 5 heteroatoms. The molecule has 18 heavy (non-hydrogen) atoms. The van der Waals surface area contributed by atoms with E-state index < -0.39 is 5.54 Å². The van der Waals surface area contributed by atoms with Crippen LogP contribution in [-0.2, 0) is 5.54 Å². The van der Waals surface area contributed by atoms with Gasteiger partial charge >= 0.3 is 0 Å². The molecule has 3 rings (SSSR count). The van der Waals surface area contributed by atoms with Crippen LogP contribution in [0.2, 0.25) is 0 Å². The molecule has 1 saturated carbocycles. The Bertz CT molecular complexity index is 556. The number of rotatable bonds is 3. The summed E-state index contributed by atoms with van der Waals surface area (Å²) in [5.74, 6) is 1.63. The van der Waals surface area contributed by atoms with Crippen LogP contribution in [0.4, 0.5) is 0 Å². The van der Waals surface area contributed by atoms with Crippen LogP contribution in [0, 0.1) is 5.92 Å². The van der Waals surface area contributed by atoms with Crippen LogP contribution in [0.5, 0.6) is 5.75 Å². The standard InChI is InChI=1S/C13H15N3O2/c1-13(14,9-4-5-9)12-15-11(16-18-12)8-2-6-10(17)7-3-8/h2-3,6-7,9,17H,4-5,14H2,1H3. The minimum absolute atomic E-state index is 0.212. The molecule has 0 bridgehead atoms. The third-order valence-electron chi connectivity index (χ3n) is 3.44. The Balaban J connectivity index is 1.91. The molecule has 0 saturated heterocycles. The summed E-state index contributed by atoms with van der Waals surface area (Å²) in [7, 11) is 0. The molecular formula is C13H15N3O2. The second-order valence-corrected chi connectivity index (χ2v) is 5.03. The SMILES string of the molecule is CC(N)(c1nc(-c2ccc(O)cc2)no1)C1CC1. The summed E-state index contributed by atoms with van der Waals surface area (Å²) >= 11 is 0. The van der Waals surface area contributed by atoms with E-state index in [2.05, 4.69) is 10.1 Å². The smallest absolute Gasteiger partial charge is 0.247 e. The molecular weight excluding hydrogens is 230 g/mol. The molecule has 1 aromatic heterocycles. The van der Waals surface area contributed by atoms with Crippen molar-refractivity contribution in [2.75, 3.05) is 0 Å². The highest BCUT2D eigenvalue weighted by Gasteiger charge is 2.43. The predicted octanol–water partition coefficient (Wildman–Crippen LogP) is 2.03. The Morgan fingerprint density at radius 3 is 2.61 bits per heavy atom. The first-order chi connectivity index (χ1) is 8.57. The lowest BCUT2D eigenvalue weighted by Gasteiger charge is -2.18. The summed E-state index contributed by atoms with van der Waals surface area (Å²) in [5.41, 5.74) is 6.48. The molecule has 94 valence electrons. The molecule has 3 N–H and O–H groups in total. The average molecular weight is 245 g/mol. The molecule has 1 fully saturated rings. The third-order valence-corrected chi connectivity index (χ3v) is 3.44. The second-order valence-electron chi connectivity index (χ2n) is 5.03. The number of nitrogens with zero attached hydrogens (tertiary/aromatic N) is 2. The third kappa shape index (κ3) is 1.86. The summed E-state index contributed by atoms with van der Waals surface area (Å²) in [4.78, 5) is 4.36. The van der Waals surface area contributed by atoms with Crippen molar-refractivity contribution in [3.63, 3.8) is 0 Å². The fourth-order valence-corrected chi connectivity index (χ4v) is 2.03. The number of phenols is 1. The average Bonchev–Trinajstić information content (AvgIpc) is 3.09. The van der Waals surface area contributed by atoms with Crippen molar-refractivity contribution < 1.29 is 9.63 Å². The van der Waals surface area contributed by atoms with Crippen LogP contribution < -0.4 is 5.73 Å². The van der Waals surface area contributed by atoms with E-state index in [-0.39, 0.29) is 5.75 Å². The number of benzene rings is 1. The Kier molecular flexibility index (Phi) is 2.38. The zero-order valence-corrected chi connectivity index (χ0v) is 10.1. The van der Waals surface area contributed by atoms with Gasteiger partial charge in [-0.3, -0.25) is 0 Å². The Morgan fingerprint density at radius 1 is 1.33 bits per heavy atom. The van der Waals surface area contributed by atoms with E-state index >= 15 is 0 Å². The second kappa shape index (κ2) is 3.81. The molecule has 1 aliphatic rings. The molecule has 1 unspecified atom stereocenters. The highest BCUT2D eigenvalue weighted by molar-refractivity contribution is 5.55. The van der Waals surface area contributed by atoms with E-state index in [1.807, 2.05) is 6.92 Å². The number of aromatic hydroxyl groups is 1. The Morgan fingerprint density at radius 2 is 2.00 bits per heavy atom. The van der Waals surface area contributed by atoms with Crippen molar-refractivity contribution in [1.29, 1.82) is 0 Å². The maximum atomic E-state index is 9.23. The molecule has 1 atom stereocenters. The maximum absolute atomic E-state index is 9.23. The van der Waals surface area contributed by atoms with Crippen molar-refractivity contribution in [2.45, 2.75) is 25.3 Å². The normalized spacial score (nSPS) is 18.6. The van der Waals surface area contributed by atoms with E-state index in [4.69, 9.17) is 10.3 Å². The zero-order valence-electron chi connectivity index (χ0n) is 10.1. The number of hydrogen-bond acceptors (Lipinski definition) is 5. The van der Waals surface area contributed by atoms with E-state index in [1.54, 1.807) is 24.3 Å². The molecule has 0 spiro atoms. The van der Waals surface area contributed by atoms with Crippen LogP contribution >= 0.6 is 0 Å². The number of hydrogen-bond donors (Lipinski definition) is 2. The number of phenolic OH excluding ortho intramolecular Hbond substituents is 1. The summed E-state index contributed by atoms with van der Waals surface area (Å²) in [6, 6.07) is 6.67. The van der Waals surface area contributed by atoms with Crippen LogP contribution in [0.3, 0.4) is 0 Å². The molecule has 2 aromatic rings.